The summed E-state index contributed by atoms with van der Waals surface area (Å²) in [5.41, 5.74) is 3.21. The smallest absolute Gasteiger partial charge is 0.172 e. The molecule has 0 saturated heterocycles. The van der Waals surface area contributed by atoms with E-state index in [1.807, 2.05) is 43.6 Å². The van der Waals surface area contributed by atoms with Gasteiger partial charge in [0.1, 0.15) is 5.03 Å². The van der Waals surface area contributed by atoms with Crippen LogP contribution in [0, 0.1) is 0 Å². The first-order chi connectivity index (χ1) is 9.78. The normalized spacial score (nSPS) is 12.7. The summed E-state index contributed by atoms with van der Waals surface area (Å²) in [6, 6.07) is 12.4. The van der Waals surface area contributed by atoms with Gasteiger partial charge < -0.3 is 10.3 Å². The van der Waals surface area contributed by atoms with Gasteiger partial charge in [0.2, 0.25) is 0 Å². The highest BCUT2D eigenvalue weighted by Gasteiger charge is 2.12. The molecule has 2 heterocycles. The minimum absolute atomic E-state index is 0.260. The van der Waals surface area contributed by atoms with Gasteiger partial charge in [0.05, 0.1) is 11.0 Å². The first kappa shape index (κ1) is 13.1. The lowest BCUT2D eigenvalue weighted by Gasteiger charge is -2.13. The molecule has 0 aliphatic rings. The van der Waals surface area contributed by atoms with Crippen molar-refractivity contribution >= 4 is 22.8 Å². The number of benzene rings is 1. The van der Waals surface area contributed by atoms with Crippen LogP contribution in [-0.4, -0.2) is 22.0 Å². The maximum absolute atomic E-state index is 4.58. The van der Waals surface area contributed by atoms with E-state index in [0.717, 1.165) is 21.2 Å². The summed E-state index contributed by atoms with van der Waals surface area (Å²) in [4.78, 5) is 12.4. The fourth-order valence-electron chi connectivity index (χ4n) is 2.04. The van der Waals surface area contributed by atoms with Gasteiger partial charge in [-0.15, -0.1) is 0 Å². The third-order valence-electron chi connectivity index (χ3n) is 3.26. The number of nitrogens with one attached hydrogen (secondary N) is 2. The third-order valence-corrected chi connectivity index (χ3v) is 4.18. The quantitative estimate of drug-likeness (QED) is 0.771. The average molecular weight is 284 g/mol. The molecule has 0 radical (unpaired) electrons. The molecule has 0 aliphatic heterocycles. The summed E-state index contributed by atoms with van der Waals surface area (Å²) in [5.74, 6) is 0. The van der Waals surface area contributed by atoms with Crippen molar-refractivity contribution in [3.05, 3.63) is 48.2 Å². The van der Waals surface area contributed by atoms with Gasteiger partial charge in [0, 0.05) is 17.8 Å². The van der Waals surface area contributed by atoms with Crippen molar-refractivity contribution in [2.45, 2.75) is 23.1 Å². The van der Waals surface area contributed by atoms with E-state index in [9.17, 15) is 0 Å². The second-order valence-corrected chi connectivity index (χ2v) is 5.55. The van der Waals surface area contributed by atoms with Crippen LogP contribution in [0.4, 0.5) is 0 Å². The van der Waals surface area contributed by atoms with E-state index in [-0.39, 0.29) is 6.04 Å². The average Bonchev–Trinajstić information content (AvgIpc) is 2.89. The molecule has 0 saturated carbocycles. The van der Waals surface area contributed by atoms with Crippen LogP contribution in [0.15, 0.2) is 52.8 Å². The van der Waals surface area contributed by atoms with Crippen LogP contribution in [0.5, 0.6) is 0 Å². The van der Waals surface area contributed by atoms with Gasteiger partial charge in [-0.1, -0.05) is 18.2 Å². The number of rotatable bonds is 4. The van der Waals surface area contributed by atoms with E-state index >= 15 is 0 Å². The van der Waals surface area contributed by atoms with Crippen LogP contribution in [-0.2, 0) is 0 Å². The minimum Gasteiger partial charge on any atom is -0.333 e. The Morgan fingerprint density at radius 3 is 2.85 bits per heavy atom. The molecule has 3 rings (SSSR count). The van der Waals surface area contributed by atoms with E-state index in [0.29, 0.717) is 0 Å². The van der Waals surface area contributed by atoms with Crippen molar-refractivity contribution in [2.75, 3.05) is 7.05 Å². The van der Waals surface area contributed by atoms with Gasteiger partial charge in [0.25, 0.3) is 0 Å². The Hall–Kier alpha value is -1.85. The number of pyridine rings is 1. The number of H-pyrrole nitrogens is 1. The maximum Gasteiger partial charge on any atom is 0.172 e. The lowest BCUT2D eigenvalue weighted by Crippen LogP contribution is -2.13. The van der Waals surface area contributed by atoms with E-state index in [1.54, 1.807) is 11.8 Å². The fraction of sp³-hybridized carbons (Fsp3) is 0.200. The highest BCUT2D eigenvalue weighted by Crippen LogP contribution is 2.30. The maximum atomic E-state index is 4.58. The van der Waals surface area contributed by atoms with Crippen LogP contribution < -0.4 is 5.32 Å². The Balaban J connectivity index is 1.94. The number of nitrogens with zero attached hydrogens (tertiary/aromatic N) is 2. The number of hydrogen-bond donors (Lipinski definition) is 2. The Bertz CT molecular complexity index is 689. The van der Waals surface area contributed by atoms with E-state index in [4.69, 9.17) is 0 Å². The largest absolute Gasteiger partial charge is 0.333 e. The summed E-state index contributed by atoms with van der Waals surface area (Å²) >= 11 is 1.57. The van der Waals surface area contributed by atoms with Crippen molar-refractivity contribution in [3.8, 4) is 0 Å². The van der Waals surface area contributed by atoms with Crippen LogP contribution in [0.1, 0.15) is 18.5 Å². The molecule has 0 bridgehead atoms. The molecule has 5 heteroatoms. The number of aromatic nitrogens is 3. The van der Waals surface area contributed by atoms with Gasteiger partial charge in [-0.05, 0) is 43.9 Å². The predicted octanol–water partition coefficient (Wildman–Crippen LogP) is 3.39. The van der Waals surface area contributed by atoms with Crippen molar-refractivity contribution in [2.24, 2.45) is 0 Å². The van der Waals surface area contributed by atoms with Gasteiger partial charge in [-0.3, -0.25) is 0 Å². The van der Waals surface area contributed by atoms with Gasteiger partial charge in [0.15, 0.2) is 5.16 Å². The van der Waals surface area contributed by atoms with Crippen LogP contribution in [0.3, 0.4) is 0 Å². The number of imidazole rings is 1. The molecular weight excluding hydrogens is 268 g/mol. The lowest BCUT2D eigenvalue weighted by atomic mass is 10.1. The monoisotopic (exact) mass is 284 g/mol. The van der Waals surface area contributed by atoms with Crippen molar-refractivity contribution in [3.63, 3.8) is 0 Å². The second kappa shape index (κ2) is 5.64. The molecular formula is C15H16N4S. The van der Waals surface area contributed by atoms with Crippen molar-refractivity contribution in [1.82, 2.24) is 20.3 Å². The molecule has 0 aliphatic carbocycles. The Kier molecular flexibility index (Phi) is 3.71. The number of aromatic amines is 1. The van der Waals surface area contributed by atoms with Gasteiger partial charge >= 0.3 is 0 Å². The van der Waals surface area contributed by atoms with Crippen molar-refractivity contribution < 1.29 is 0 Å². The third kappa shape index (κ3) is 2.55. The number of hydrogen-bond acceptors (Lipinski definition) is 4. The zero-order valence-corrected chi connectivity index (χ0v) is 12.2. The minimum atomic E-state index is 0.260. The highest BCUT2D eigenvalue weighted by molar-refractivity contribution is 7.99. The Labute approximate surface area is 122 Å². The second-order valence-electron chi connectivity index (χ2n) is 4.57. The summed E-state index contributed by atoms with van der Waals surface area (Å²) < 4.78 is 0. The van der Waals surface area contributed by atoms with Crippen LogP contribution in [0.2, 0.25) is 0 Å². The molecule has 1 atom stereocenters. The molecule has 0 spiro atoms. The summed E-state index contributed by atoms with van der Waals surface area (Å²) in [6.07, 6.45) is 1.82. The molecule has 2 aromatic heterocycles. The van der Waals surface area contributed by atoms with Crippen LogP contribution in [0.25, 0.3) is 11.0 Å². The standard InChI is InChI=1S/C15H16N4S/c1-10(16-2)11-6-5-9-17-14(11)20-15-18-12-7-3-4-8-13(12)19-15/h3-10,16H,1-2H3,(H,18,19). The molecule has 102 valence electrons. The molecule has 1 aromatic carbocycles. The van der Waals surface area contributed by atoms with Crippen LogP contribution >= 0.6 is 11.8 Å². The fourth-order valence-corrected chi connectivity index (χ4v) is 3.01. The molecule has 1 unspecified atom stereocenters. The number of fused-ring (bicyclic) bond motifs is 1. The van der Waals surface area contributed by atoms with E-state index < -0.39 is 0 Å². The Morgan fingerprint density at radius 1 is 1.20 bits per heavy atom. The SMILES string of the molecule is CNC(C)c1cccnc1Sc1nc2ccccc2[nH]1. The molecule has 4 nitrogen and oxygen atoms in total. The molecule has 2 N–H and O–H groups in total. The molecule has 0 fully saturated rings. The molecule has 3 aromatic rings. The first-order valence-corrected chi connectivity index (χ1v) is 7.34. The molecule has 0 amide bonds. The summed E-state index contributed by atoms with van der Waals surface area (Å²) in [5, 5.41) is 5.10. The van der Waals surface area contributed by atoms with E-state index in [1.165, 1.54) is 5.56 Å². The zero-order valence-electron chi connectivity index (χ0n) is 11.4. The lowest BCUT2D eigenvalue weighted by molar-refractivity contribution is 0.634. The predicted molar refractivity (Wildman–Crippen MR) is 81.9 cm³/mol. The number of para-hydroxylation sites is 2. The van der Waals surface area contributed by atoms with Crippen molar-refractivity contribution in [1.29, 1.82) is 0 Å². The zero-order chi connectivity index (χ0) is 13.9. The Morgan fingerprint density at radius 2 is 2.05 bits per heavy atom. The highest BCUT2D eigenvalue weighted by atomic mass is 32.2. The van der Waals surface area contributed by atoms with Gasteiger partial charge in [-0.25, -0.2) is 9.97 Å². The van der Waals surface area contributed by atoms with E-state index in [2.05, 4.69) is 33.3 Å². The summed E-state index contributed by atoms with van der Waals surface area (Å²) in [6.45, 7) is 2.12. The first-order valence-electron chi connectivity index (χ1n) is 6.52. The summed E-state index contributed by atoms with van der Waals surface area (Å²) in [7, 11) is 1.95. The molecule has 20 heavy (non-hydrogen) atoms. The topological polar surface area (TPSA) is 53.6 Å². The van der Waals surface area contributed by atoms with Gasteiger partial charge in [-0.2, -0.15) is 0 Å².